The molecule has 0 aliphatic carbocycles. The summed E-state index contributed by atoms with van der Waals surface area (Å²) in [5.41, 5.74) is 0.815. The number of hydrogen-bond acceptors (Lipinski definition) is 5. The van der Waals surface area contributed by atoms with E-state index in [-0.39, 0.29) is 18.3 Å². The van der Waals surface area contributed by atoms with Crippen molar-refractivity contribution in [2.24, 2.45) is 0 Å². The third-order valence-electron chi connectivity index (χ3n) is 3.16. The minimum atomic E-state index is -0.309. The van der Waals surface area contributed by atoms with Crippen LogP contribution in [0.25, 0.3) is 6.08 Å². The maximum Gasteiger partial charge on any atom is 0.307 e. The molecule has 0 saturated carbocycles. The van der Waals surface area contributed by atoms with E-state index in [2.05, 4.69) is 0 Å². The standard InChI is InChI=1S/C17H23NO5/c1-5-23-17(20)10-11-18(2)16(19)9-7-13-6-8-14(21-3)15(12-13)22-4/h6-9,12H,5,10-11H2,1-4H3/b9-7+. The molecule has 0 unspecified atom stereocenters. The van der Waals surface area contributed by atoms with Crippen molar-refractivity contribution in [1.29, 1.82) is 0 Å². The molecule has 0 fully saturated rings. The Bertz CT molecular complexity index is 568. The number of benzene rings is 1. The zero-order valence-corrected chi connectivity index (χ0v) is 14.0. The lowest BCUT2D eigenvalue weighted by atomic mass is 10.2. The van der Waals surface area contributed by atoms with Gasteiger partial charge in [0, 0.05) is 19.7 Å². The molecule has 126 valence electrons. The number of amides is 1. The molecule has 0 spiro atoms. The zero-order chi connectivity index (χ0) is 17.2. The Kier molecular flexibility index (Phi) is 7.66. The zero-order valence-electron chi connectivity index (χ0n) is 14.0. The van der Waals surface area contributed by atoms with E-state index < -0.39 is 0 Å². The minimum Gasteiger partial charge on any atom is -0.493 e. The predicted molar refractivity (Wildman–Crippen MR) is 87.5 cm³/mol. The van der Waals surface area contributed by atoms with E-state index >= 15 is 0 Å². The number of nitrogens with zero attached hydrogens (tertiary/aromatic N) is 1. The summed E-state index contributed by atoms with van der Waals surface area (Å²) < 4.78 is 15.2. The van der Waals surface area contributed by atoms with Crippen LogP contribution in [-0.2, 0) is 14.3 Å². The van der Waals surface area contributed by atoms with E-state index in [0.29, 0.717) is 24.7 Å². The molecule has 0 aliphatic rings. The summed E-state index contributed by atoms with van der Waals surface area (Å²) in [4.78, 5) is 24.7. The first-order valence-electron chi connectivity index (χ1n) is 7.32. The molecule has 1 amide bonds. The molecule has 0 bridgehead atoms. The van der Waals surface area contributed by atoms with Crippen LogP contribution in [0.3, 0.4) is 0 Å². The van der Waals surface area contributed by atoms with Crippen LogP contribution in [0.2, 0.25) is 0 Å². The van der Waals surface area contributed by atoms with Crippen molar-refractivity contribution < 1.29 is 23.8 Å². The Morgan fingerprint density at radius 1 is 1.17 bits per heavy atom. The molecule has 0 saturated heterocycles. The number of ether oxygens (including phenoxy) is 3. The molecule has 1 aromatic rings. The van der Waals surface area contributed by atoms with Gasteiger partial charge in [-0.2, -0.15) is 0 Å². The van der Waals surface area contributed by atoms with Gasteiger partial charge in [-0.1, -0.05) is 6.07 Å². The third kappa shape index (κ3) is 6.02. The lowest BCUT2D eigenvalue weighted by Gasteiger charge is -2.14. The topological polar surface area (TPSA) is 65.1 Å². The highest BCUT2D eigenvalue weighted by atomic mass is 16.5. The Hall–Kier alpha value is -2.50. The number of esters is 1. The van der Waals surface area contributed by atoms with Crippen LogP contribution in [0.5, 0.6) is 11.5 Å². The second-order valence-corrected chi connectivity index (χ2v) is 4.76. The number of carbonyl (C=O) groups is 2. The van der Waals surface area contributed by atoms with E-state index in [0.717, 1.165) is 5.56 Å². The number of hydrogen-bond donors (Lipinski definition) is 0. The molecule has 6 nitrogen and oxygen atoms in total. The average molecular weight is 321 g/mol. The lowest BCUT2D eigenvalue weighted by Crippen LogP contribution is -2.27. The third-order valence-corrected chi connectivity index (χ3v) is 3.16. The van der Waals surface area contributed by atoms with Crippen molar-refractivity contribution in [2.75, 3.05) is 34.4 Å². The summed E-state index contributed by atoms with van der Waals surface area (Å²) in [7, 11) is 4.76. The molecular formula is C17H23NO5. The summed E-state index contributed by atoms with van der Waals surface area (Å²) in [5, 5.41) is 0. The molecule has 1 rings (SSSR count). The molecule has 1 aromatic carbocycles. The molecule has 0 radical (unpaired) electrons. The fraction of sp³-hybridized carbons (Fsp3) is 0.412. The van der Waals surface area contributed by atoms with Gasteiger partial charge < -0.3 is 19.1 Å². The summed E-state index contributed by atoms with van der Waals surface area (Å²) >= 11 is 0. The minimum absolute atomic E-state index is 0.181. The molecule has 23 heavy (non-hydrogen) atoms. The van der Waals surface area contributed by atoms with Crippen LogP contribution in [0.15, 0.2) is 24.3 Å². The van der Waals surface area contributed by atoms with Crippen LogP contribution in [0.4, 0.5) is 0 Å². The number of carbonyl (C=O) groups excluding carboxylic acids is 2. The summed E-state index contributed by atoms with van der Waals surface area (Å²) in [6, 6.07) is 5.37. The SMILES string of the molecule is CCOC(=O)CCN(C)C(=O)/C=C/c1ccc(OC)c(OC)c1. The van der Waals surface area contributed by atoms with Gasteiger partial charge in [0.2, 0.25) is 5.91 Å². The van der Waals surface area contributed by atoms with Crippen molar-refractivity contribution in [3.05, 3.63) is 29.8 Å². The molecule has 0 aliphatic heterocycles. The number of rotatable bonds is 8. The number of methoxy groups -OCH3 is 2. The highest BCUT2D eigenvalue weighted by molar-refractivity contribution is 5.91. The monoisotopic (exact) mass is 321 g/mol. The van der Waals surface area contributed by atoms with Crippen molar-refractivity contribution in [2.45, 2.75) is 13.3 Å². The summed E-state index contributed by atoms with van der Waals surface area (Å²) in [6.07, 6.45) is 3.32. The first-order chi connectivity index (χ1) is 11.0. The van der Waals surface area contributed by atoms with E-state index in [4.69, 9.17) is 14.2 Å². The van der Waals surface area contributed by atoms with Gasteiger partial charge in [0.15, 0.2) is 11.5 Å². The molecule has 0 atom stereocenters. The second kappa shape index (κ2) is 9.50. The molecule has 0 N–H and O–H groups in total. The summed E-state index contributed by atoms with van der Waals surface area (Å²) in [5.74, 6) is 0.723. The van der Waals surface area contributed by atoms with Crippen LogP contribution >= 0.6 is 0 Å². The number of likely N-dealkylation sites (N-methyl/N-ethyl adjacent to an activating group) is 1. The smallest absolute Gasteiger partial charge is 0.307 e. The first-order valence-corrected chi connectivity index (χ1v) is 7.32. The fourth-order valence-corrected chi connectivity index (χ4v) is 1.85. The quantitative estimate of drug-likeness (QED) is 0.542. The molecule has 0 aromatic heterocycles. The van der Waals surface area contributed by atoms with Crippen LogP contribution in [-0.4, -0.2) is 51.2 Å². The highest BCUT2D eigenvalue weighted by Crippen LogP contribution is 2.27. The lowest BCUT2D eigenvalue weighted by molar-refractivity contribution is -0.143. The van der Waals surface area contributed by atoms with Crippen LogP contribution < -0.4 is 9.47 Å². The molecule has 6 heteroatoms. The highest BCUT2D eigenvalue weighted by Gasteiger charge is 2.09. The van der Waals surface area contributed by atoms with Gasteiger partial charge in [-0.05, 0) is 30.7 Å². The van der Waals surface area contributed by atoms with E-state index in [9.17, 15) is 9.59 Å². The Balaban J connectivity index is 2.62. The molecular weight excluding hydrogens is 298 g/mol. The largest absolute Gasteiger partial charge is 0.493 e. The fourth-order valence-electron chi connectivity index (χ4n) is 1.85. The van der Waals surface area contributed by atoms with Crippen LogP contribution in [0, 0.1) is 0 Å². The average Bonchev–Trinajstić information content (AvgIpc) is 2.57. The van der Waals surface area contributed by atoms with Gasteiger partial charge in [-0.15, -0.1) is 0 Å². The predicted octanol–water partition coefficient (Wildman–Crippen LogP) is 2.13. The maximum absolute atomic E-state index is 12.0. The normalized spacial score (nSPS) is 10.4. The Morgan fingerprint density at radius 3 is 2.48 bits per heavy atom. The van der Waals surface area contributed by atoms with E-state index in [1.54, 1.807) is 46.4 Å². The Morgan fingerprint density at radius 2 is 1.87 bits per heavy atom. The van der Waals surface area contributed by atoms with Crippen LogP contribution in [0.1, 0.15) is 18.9 Å². The Labute approximate surface area is 136 Å². The van der Waals surface area contributed by atoms with Gasteiger partial charge >= 0.3 is 5.97 Å². The molecule has 0 heterocycles. The van der Waals surface area contributed by atoms with Gasteiger partial charge in [0.25, 0.3) is 0 Å². The van der Waals surface area contributed by atoms with Gasteiger partial charge in [0.05, 0.1) is 27.2 Å². The van der Waals surface area contributed by atoms with Gasteiger partial charge in [0.1, 0.15) is 0 Å². The maximum atomic E-state index is 12.0. The van der Waals surface area contributed by atoms with E-state index in [1.165, 1.54) is 11.0 Å². The van der Waals surface area contributed by atoms with Gasteiger partial charge in [-0.3, -0.25) is 9.59 Å². The van der Waals surface area contributed by atoms with E-state index in [1.807, 2.05) is 6.07 Å². The second-order valence-electron chi connectivity index (χ2n) is 4.76. The van der Waals surface area contributed by atoms with Crippen molar-refractivity contribution in [3.63, 3.8) is 0 Å². The van der Waals surface area contributed by atoms with Crippen molar-refractivity contribution in [3.8, 4) is 11.5 Å². The van der Waals surface area contributed by atoms with Crippen molar-refractivity contribution >= 4 is 18.0 Å². The summed E-state index contributed by atoms with van der Waals surface area (Å²) in [6.45, 7) is 2.41. The van der Waals surface area contributed by atoms with Crippen molar-refractivity contribution in [1.82, 2.24) is 4.90 Å². The first kappa shape index (κ1) is 18.5. The van der Waals surface area contributed by atoms with Gasteiger partial charge in [-0.25, -0.2) is 0 Å².